The standard InChI is InChI=1S/C50H86N4O4.2BrH/c1-7-9-11-13-15-17-19-21-25-29-41-57-47-35-31-45(32-36-47)51-49(55)43-53(3,4)39-27-23-24-28-40-54(5,6)44-50(56)52-46-33-37-48(38-34-46)58-42-30-26-22-20-18-16-14-12-10-8-2;;/h31-38H,7-30,39-44H2,1-6H3;2*1H. The Morgan fingerprint density at radius 1 is 0.417 bits per heavy atom. The first-order valence-electron chi connectivity index (χ1n) is 23.7. The molecule has 0 aliphatic carbocycles. The van der Waals surface area contributed by atoms with E-state index in [9.17, 15) is 9.59 Å². The van der Waals surface area contributed by atoms with Gasteiger partial charge in [-0.1, -0.05) is 129 Å². The first-order valence-corrected chi connectivity index (χ1v) is 23.7. The molecule has 0 fully saturated rings. The number of nitrogens with one attached hydrogen (secondary N) is 2. The summed E-state index contributed by atoms with van der Waals surface area (Å²) in [6.07, 6.45) is 30.7. The molecule has 0 heterocycles. The molecule has 2 amide bonds. The highest BCUT2D eigenvalue weighted by molar-refractivity contribution is 5.92. The van der Waals surface area contributed by atoms with Gasteiger partial charge in [0.15, 0.2) is 13.1 Å². The number of hydrogen-bond acceptors (Lipinski definition) is 4. The Kier molecular flexibility index (Phi) is 35.1. The summed E-state index contributed by atoms with van der Waals surface area (Å²) in [6.45, 7) is 8.79. The van der Waals surface area contributed by atoms with Gasteiger partial charge in [0.05, 0.1) is 54.5 Å². The van der Waals surface area contributed by atoms with E-state index in [-0.39, 0.29) is 45.8 Å². The van der Waals surface area contributed by atoms with Gasteiger partial charge in [-0.3, -0.25) is 9.59 Å². The van der Waals surface area contributed by atoms with E-state index in [1.165, 1.54) is 116 Å². The molecule has 0 aliphatic rings. The molecule has 10 heteroatoms. The fraction of sp³-hybridized carbons (Fsp3) is 0.720. The minimum Gasteiger partial charge on any atom is -1.00 e. The number of ether oxygens (including phenoxy) is 2. The minimum absolute atomic E-state index is 0. The Bertz CT molecular complexity index is 1220. The number of unbranched alkanes of at least 4 members (excludes halogenated alkanes) is 21. The minimum atomic E-state index is 0. The lowest BCUT2D eigenvalue weighted by atomic mass is 10.1. The van der Waals surface area contributed by atoms with E-state index in [4.69, 9.17) is 9.47 Å². The van der Waals surface area contributed by atoms with Crippen molar-refractivity contribution in [1.29, 1.82) is 0 Å². The topological polar surface area (TPSA) is 76.7 Å². The number of rotatable bonds is 37. The van der Waals surface area contributed by atoms with Crippen LogP contribution in [0.5, 0.6) is 11.5 Å². The van der Waals surface area contributed by atoms with Gasteiger partial charge in [0.25, 0.3) is 11.8 Å². The summed E-state index contributed by atoms with van der Waals surface area (Å²) in [6, 6.07) is 15.5. The third-order valence-electron chi connectivity index (χ3n) is 11.2. The van der Waals surface area contributed by atoms with Crippen molar-refractivity contribution in [2.45, 2.75) is 168 Å². The van der Waals surface area contributed by atoms with Crippen LogP contribution in [0.25, 0.3) is 0 Å². The van der Waals surface area contributed by atoms with Gasteiger partial charge in [-0.2, -0.15) is 0 Å². The van der Waals surface area contributed by atoms with E-state index in [1.54, 1.807) is 0 Å². The van der Waals surface area contributed by atoms with Crippen LogP contribution in [-0.4, -0.2) is 88.4 Å². The van der Waals surface area contributed by atoms with Crippen LogP contribution in [0.15, 0.2) is 48.5 Å². The van der Waals surface area contributed by atoms with Crippen molar-refractivity contribution in [2.24, 2.45) is 0 Å². The molecular formula is C50H88Br2N4O4. The lowest BCUT2D eigenvalue weighted by molar-refractivity contribution is -0.883. The predicted octanol–water partition coefficient (Wildman–Crippen LogP) is 6.58. The Labute approximate surface area is 389 Å². The van der Waals surface area contributed by atoms with Gasteiger partial charge in [-0.05, 0) is 87.1 Å². The van der Waals surface area contributed by atoms with Crippen molar-refractivity contribution in [3.63, 3.8) is 0 Å². The molecule has 2 aromatic carbocycles. The second-order valence-corrected chi connectivity index (χ2v) is 18.3. The quantitative estimate of drug-likeness (QED) is 0.0593. The third-order valence-corrected chi connectivity index (χ3v) is 11.2. The summed E-state index contributed by atoms with van der Waals surface area (Å²) in [4.78, 5) is 25.7. The van der Waals surface area contributed by atoms with E-state index in [0.717, 1.165) is 87.7 Å². The molecule has 0 saturated carbocycles. The molecule has 0 aliphatic heterocycles. The molecule has 0 saturated heterocycles. The third kappa shape index (κ3) is 31.7. The molecule has 346 valence electrons. The van der Waals surface area contributed by atoms with Crippen LogP contribution < -0.4 is 54.1 Å². The lowest BCUT2D eigenvalue weighted by Gasteiger charge is -2.30. The van der Waals surface area contributed by atoms with E-state index < -0.39 is 0 Å². The first-order chi connectivity index (χ1) is 28.0. The van der Waals surface area contributed by atoms with Gasteiger partial charge in [0.2, 0.25) is 0 Å². The molecule has 0 radical (unpaired) electrons. The van der Waals surface area contributed by atoms with Crippen molar-refractivity contribution < 1.29 is 62.0 Å². The highest BCUT2D eigenvalue weighted by Gasteiger charge is 2.22. The number of amides is 2. The number of hydrogen-bond donors (Lipinski definition) is 2. The zero-order valence-corrected chi connectivity index (χ0v) is 42.3. The molecular weight excluding hydrogens is 880 g/mol. The average Bonchev–Trinajstić information content (AvgIpc) is 3.18. The van der Waals surface area contributed by atoms with Crippen molar-refractivity contribution in [3.8, 4) is 11.5 Å². The zero-order valence-electron chi connectivity index (χ0n) is 39.1. The van der Waals surface area contributed by atoms with Crippen molar-refractivity contribution in [2.75, 3.05) is 78.2 Å². The fourth-order valence-electron chi connectivity index (χ4n) is 7.60. The largest absolute Gasteiger partial charge is 1.00 e. The first kappa shape index (κ1) is 57.9. The number of nitrogens with zero attached hydrogens (tertiary/aromatic N) is 2. The summed E-state index contributed by atoms with van der Waals surface area (Å²) in [7, 11) is 8.51. The monoisotopic (exact) mass is 967 g/mol. The van der Waals surface area contributed by atoms with Crippen LogP contribution in [0.4, 0.5) is 11.4 Å². The van der Waals surface area contributed by atoms with E-state index in [1.807, 2.05) is 48.5 Å². The molecule has 2 aromatic rings. The van der Waals surface area contributed by atoms with E-state index in [2.05, 4.69) is 52.7 Å². The smallest absolute Gasteiger partial charge is 0.279 e. The summed E-state index contributed by atoms with van der Waals surface area (Å²) in [5.74, 6) is 1.78. The highest BCUT2D eigenvalue weighted by Crippen LogP contribution is 2.19. The van der Waals surface area contributed by atoms with Gasteiger partial charge in [-0.15, -0.1) is 0 Å². The van der Waals surface area contributed by atoms with Crippen LogP contribution in [0.3, 0.4) is 0 Å². The molecule has 0 atom stereocenters. The number of carbonyl (C=O) groups excluding carboxylic acids is 2. The van der Waals surface area contributed by atoms with Gasteiger partial charge in [0.1, 0.15) is 11.5 Å². The molecule has 0 spiro atoms. The van der Waals surface area contributed by atoms with E-state index in [0.29, 0.717) is 22.1 Å². The predicted molar refractivity (Wildman–Crippen MR) is 247 cm³/mol. The van der Waals surface area contributed by atoms with Gasteiger partial charge < -0.3 is 63.0 Å². The molecule has 60 heavy (non-hydrogen) atoms. The number of carbonyl (C=O) groups is 2. The Hall–Kier alpha value is -2.14. The molecule has 2 N–H and O–H groups in total. The number of quaternary nitrogens is 2. The maximum atomic E-state index is 12.9. The summed E-state index contributed by atoms with van der Waals surface area (Å²) in [5, 5.41) is 6.14. The zero-order chi connectivity index (χ0) is 42.2. The number of anilines is 2. The molecule has 8 nitrogen and oxygen atoms in total. The van der Waals surface area contributed by atoms with Crippen LogP contribution in [0.1, 0.15) is 168 Å². The van der Waals surface area contributed by atoms with Crippen molar-refractivity contribution in [1.82, 2.24) is 0 Å². The summed E-state index contributed by atoms with van der Waals surface area (Å²) < 4.78 is 13.2. The SMILES string of the molecule is CCCCCCCCCCCCOc1ccc(NC(=O)C[N+](C)(C)CCCCCC[N+](C)(C)CC(=O)Nc2ccc(OCCCCCCCCCCCC)cc2)cc1.[Br-].[Br-]. The fourth-order valence-corrected chi connectivity index (χ4v) is 7.60. The van der Waals surface area contributed by atoms with Crippen LogP contribution in [0, 0.1) is 0 Å². The molecule has 2 rings (SSSR count). The average molecular weight is 969 g/mol. The Morgan fingerprint density at radius 2 is 0.683 bits per heavy atom. The van der Waals surface area contributed by atoms with Crippen molar-refractivity contribution >= 4 is 23.2 Å². The normalized spacial score (nSPS) is 11.4. The number of likely N-dealkylation sites (N-methyl/N-ethyl adjacent to an activating group) is 2. The molecule has 0 aromatic heterocycles. The second kappa shape index (κ2) is 36.4. The molecule has 0 bridgehead atoms. The maximum Gasteiger partial charge on any atom is 0.279 e. The Morgan fingerprint density at radius 3 is 0.983 bits per heavy atom. The maximum absolute atomic E-state index is 12.9. The van der Waals surface area contributed by atoms with Crippen molar-refractivity contribution in [3.05, 3.63) is 48.5 Å². The van der Waals surface area contributed by atoms with E-state index >= 15 is 0 Å². The molecule has 0 unspecified atom stereocenters. The van der Waals surface area contributed by atoms with Crippen LogP contribution in [0.2, 0.25) is 0 Å². The summed E-state index contributed by atoms with van der Waals surface area (Å²) in [5.41, 5.74) is 1.62. The summed E-state index contributed by atoms with van der Waals surface area (Å²) >= 11 is 0. The number of halogens is 2. The second-order valence-electron chi connectivity index (χ2n) is 18.3. The van der Waals surface area contributed by atoms with Crippen LogP contribution >= 0.6 is 0 Å². The lowest BCUT2D eigenvalue weighted by Crippen LogP contribution is -3.00. The number of benzene rings is 2. The van der Waals surface area contributed by atoms with Gasteiger partial charge in [0, 0.05) is 11.4 Å². The Balaban J connectivity index is 0.0000174. The van der Waals surface area contributed by atoms with Crippen LogP contribution in [-0.2, 0) is 9.59 Å². The van der Waals surface area contributed by atoms with Gasteiger partial charge in [-0.25, -0.2) is 0 Å². The van der Waals surface area contributed by atoms with Gasteiger partial charge >= 0.3 is 0 Å². The highest BCUT2D eigenvalue weighted by atomic mass is 79.9.